The summed E-state index contributed by atoms with van der Waals surface area (Å²) in [5.74, 6) is -0.673. The highest BCUT2D eigenvalue weighted by atomic mass is 32.2. The molecule has 0 saturated heterocycles. The Balaban J connectivity index is 2.93. The number of benzene rings is 1. The van der Waals surface area contributed by atoms with Crippen molar-refractivity contribution in [3.05, 3.63) is 35.4 Å². The van der Waals surface area contributed by atoms with Crippen LogP contribution in [0.2, 0.25) is 0 Å². The smallest absolute Gasteiger partial charge is 0.335 e. The maximum Gasteiger partial charge on any atom is 0.335 e. The van der Waals surface area contributed by atoms with Crippen LogP contribution in [0.4, 0.5) is 0 Å². The molecule has 3 nitrogen and oxygen atoms in total. The predicted octanol–water partition coefficient (Wildman–Crippen LogP) is 1.93. The molecule has 0 aliphatic heterocycles. The van der Waals surface area contributed by atoms with E-state index in [9.17, 15) is 9.59 Å². The second kappa shape index (κ2) is 4.81. The third-order valence-corrected chi connectivity index (χ3v) is 2.26. The van der Waals surface area contributed by atoms with Crippen LogP contribution in [0.3, 0.4) is 0 Å². The summed E-state index contributed by atoms with van der Waals surface area (Å²) < 4.78 is 0. The number of thioether (sulfide) groups is 1. The average molecular weight is 210 g/mol. The summed E-state index contributed by atoms with van der Waals surface area (Å²) in [6, 6.07) is 6.08. The van der Waals surface area contributed by atoms with Gasteiger partial charge in [0.2, 0.25) is 0 Å². The van der Waals surface area contributed by atoms with E-state index in [1.807, 2.05) is 6.26 Å². The van der Waals surface area contributed by atoms with E-state index in [4.69, 9.17) is 5.11 Å². The molecule has 0 aromatic heterocycles. The lowest BCUT2D eigenvalue weighted by atomic mass is 10.1. The fraction of sp³-hybridized carbons (Fsp3) is 0.200. The Hall–Kier alpha value is -1.29. The minimum atomic E-state index is -1.01. The molecule has 0 aliphatic carbocycles. The molecule has 0 aliphatic rings. The minimum Gasteiger partial charge on any atom is -0.478 e. The number of carbonyl (C=O) groups is 2. The molecule has 0 heterocycles. The standard InChI is InChI=1S/C10H10O3S/c1-14-6-9(11)7-3-2-4-8(5-7)10(12)13/h2-5H,6H2,1H3,(H,12,13). The third-order valence-electron chi connectivity index (χ3n) is 1.71. The van der Waals surface area contributed by atoms with E-state index >= 15 is 0 Å². The Morgan fingerprint density at radius 3 is 2.57 bits per heavy atom. The van der Waals surface area contributed by atoms with Crippen LogP contribution in [-0.2, 0) is 0 Å². The zero-order valence-electron chi connectivity index (χ0n) is 7.69. The van der Waals surface area contributed by atoms with Crippen LogP contribution in [0.15, 0.2) is 24.3 Å². The van der Waals surface area contributed by atoms with Gasteiger partial charge in [0.1, 0.15) is 0 Å². The number of ketones is 1. The SMILES string of the molecule is CSCC(=O)c1cccc(C(=O)O)c1. The molecule has 0 spiro atoms. The van der Waals surface area contributed by atoms with Crippen LogP contribution in [0.5, 0.6) is 0 Å². The average Bonchev–Trinajstić information content (AvgIpc) is 2.18. The van der Waals surface area contributed by atoms with E-state index in [0.717, 1.165) is 0 Å². The number of hydrogen-bond acceptors (Lipinski definition) is 3. The molecule has 74 valence electrons. The number of carboxylic acids is 1. The van der Waals surface area contributed by atoms with Gasteiger partial charge in [0, 0.05) is 5.56 Å². The Bertz CT molecular complexity index is 360. The number of carboxylic acid groups (broad SMARTS) is 1. The number of rotatable bonds is 4. The van der Waals surface area contributed by atoms with Gasteiger partial charge in [-0.3, -0.25) is 4.79 Å². The molecule has 1 N–H and O–H groups in total. The van der Waals surface area contributed by atoms with Gasteiger partial charge in [0.05, 0.1) is 11.3 Å². The van der Waals surface area contributed by atoms with Crippen molar-refractivity contribution in [1.29, 1.82) is 0 Å². The molecule has 0 bridgehead atoms. The predicted molar refractivity (Wildman–Crippen MR) is 56.1 cm³/mol. The van der Waals surface area contributed by atoms with Crippen molar-refractivity contribution in [2.45, 2.75) is 0 Å². The summed E-state index contributed by atoms with van der Waals surface area (Å²) in [6.07, 6.45) is 1.83. The zero-order chi connectivity index (χ0) is 10.6. The molecular formula is C10H10O3S. The van der Waals surface area contributed by atoms with Gasteiger partial charge in [-0.1, -0.05) is 12.1 Å². The van der Waals surface area contributed by atoms with E-state index < -0.39 is 5.97 Å². The van der Waals surface area contributed by atoms with Crippen molar-refractivity contribution in [3.63, 3.8) is 0 Å². The lowest BCUT2D eigenvalue weighted by Gasteiger charge is -2.00. The van der Waals surface area contributed by atoms with Gasteiger partial charge in [-0.15, -0.1) is 0 Å². The second-order valence-electron chi connectivity index (χ2n) is 2.74. The van der Waals surface area contributed by atoms with Gasteiger partial charge in [-0.25, -0.2) is 4.79 Å². The number of carbonyl (C=O) groups excluding carboxylic acids is 1. The summed E-state index contributed by atoms with van der Waals surface area (Å²) >= 11 is 1.42. The van der Waals surface area contributed by atoms with Crippen LogP contribution in [-0.4, -0.2) is 28.9 Å². The number of aromatic carboxylic acids is 1. The molecule has 1 rings (SSSR count). The summed E-state index contributed by atoms with van der Waals surface area (Å²) in [5.41, 5.74) is 0.608. The van der Waals surface area contributed by atoms with E-state index in [0.29, 0.717) is 11.3 Å². The number of hydrogen-bond donors (Lipinski definition) is 1. The monoisotopic (exact) mass is 210 g/mol. The Morgan fingerprint density at radius 1 is 1.36 bits per heavy atom. The van der Waals surface area contributed by atoms with Gasteiger partial charge in [-0.2, -0.15) is 11.8 Å². The Kier molecular flexibility index (Phi) is 3.71. The lowest BCUT2D eigenvalue weighted by molar-refractivity contribution is 0.0697. The van der Waals surface area contributed by atoms with Gasteiger partial charge in [0.25, 0.3) is 0 Å². The van der Waals surface area contributed by atoms with Gasteiger partial charge in [-0.05, 0) is 18.4 Å². The van der Waals surface area contributed by atoms with E-state index in [2.05, 4.69) is 0 Å². The molecule has 0 fully saturated rings. The van der Waals surface area contributed by atoms with Crippen molar-refractivity contribution in [2.24, 2.45) is 0 Å². The topological polar surface area (TPSA) is 54.4 Å². The molecule has 1 aromatic rings. The van der Waals surface area contributed by atoms with Crippen LogP contribution >= 0.6 is 11.8 Å². The number of Topliss-reactive ketones (excluding diaryl/α,β-unsaturated/α-hetero) is 1. The van der Waals surface area contributed by atoms with Crippen molar-refractivity contribution >= 4 is 23.5 Å². The Labute approximate surface area is 86.1 Å². The minimum absolute atomic E-state index is 0.0411. The lowest BCUT2D eigenvalue weighted by Crippen LogP contribution is -2.04. The molecule has 4 heteroatoms. The molecule has 14 heavy (non-hydrogen) atoms. The maximum absolute atomic E-state index is 11.4. The van der Waals surface area contributed by atoms with E-state index in [-0.39, 0.29) is 11.3 Å². The molecule has 0 unspecified atom stereocenters. The fourth-order valence-corrected chi connectivity index (χ4v) is 1.47. The summed E-state index contributed by atoms with van der Waals surface area (Å²) in [4.78, 5) is 22.0. The highest BCUT2D eigenvalue weighted by Gasteiger charge is 2.08. The van der Waals surface area contributed by atoms with E-state index in [1.165, 1.54) is 23.9 Å². The highest BCUT2D eigenvalue weighted by molar-refractivity contribution is 7.99. The fourth-order valence-electron chi connectivity index (χ4n) is 1.04. The third kappa shape index (κ3) is 2.60. The van der Waals surface area contributed by atoms with Crippen molar-refractivity contribution in [3.8, 4) is 0 Å². The van der Waals surface area contributed by atoms with E-state index in [1.54, 1.807) is 12.1 Å². The summed E-state index contributed by atoms with van der Waals surface area (Å²) in [7, 11) is 0. The first-order chi connectivity index (χ1) is 6.65. The van der Waals surface area contributed by atoms with Crippen LogP contribution in [0.1, 0.15) is 20.7 Å². The second-order valence-corrected chi connectivity index (χ2v) is 3.61. The molecule has 0 amide bonds. The van der Waals surface area contributed by atoms with Gasteiger partial charge < -0.3 is 5.11 Å². The first kappa shape index (κ1) is 10.8. The molecule has 0 saturated carbocycles. The normalized spacial score (nSPS) is 9.79. The molecule has 1 aromatic carbocycles. The van der Waals surface area contributed by atoms with Crippen LogP contribution in [0, 0.1) is 0 Å². The largest absolute Gasteiger partial charge is 0.478 e. The molecule has 0 radical (unpaired) electrons. The van der Waals surface area contributed by atoms with Crippen LogP contribution in [0.25, 0.3) is 0 Å². The molecule has 0 atom stereocenters. The van der Waals surface area contributed by atoms with Crippen molar-refractivity contribution in [1.82, 2.24) is 0 Å². The van der Waals surface area contributed by atoms with Crippen molar-refractivity contribution < 1.29 is 14.7 Å². The quantitative estimate of drug-likeness (QED) is 0.771. The van der Waals surface area contributed by atoms with Crippen LogP contribution < -0.4 is 0 Å². The highest BCUT2D eigenvalue weighted by Crippen LogP contribution is 2.08. The first-order valence-corrected chi connectivity index (χ1v) is 5.40. The van der Waals surface area contributed by atoms with Crippen molar-refractivity contribution in [2.75, 3.05) is 12.0 Å². The first-order valence-electron chi connectivity index (χ1n) is 4.00. The summed E-state index contributed by atoms with van der Waals surface area (Å²) in [6.45, 7) is 0. The molecular weight excluding hydrogens is 200 g/mol. The zero-order valence-corrected chi connectivity index (χ0v) is 8.50. The summed E-state index contributed by atoms with van der Waals surface area (Å²) in [5, 5.41) is 8.70. The van der Waals surface area contributed by atoms with Gasteiger partial charge >= 0.3 is 5.97 Å². The Morgan fingerprint density at radius 2 is 2.00 bits per heavy atom. The van der Waals surface area contributed by atoms with Gasteiger partial charge in [0.15, 0.2) is 5.78 Å². The maximum atomic E-state index is 11.4.